The van der Waals surface area contributed by atoms with E-state index in [1.54, 1.807) is 24.1 Å². The second-order valence-corrected chi connectivity index (χ2v) is 6.36. The zero-order valence-electron chi connectivity index (χ0n) is 14.3. The molecule has 25 heavy (non-hydrogen) atoms. The largest absolute Gasteiger partial charge is 0.490 e. The average Bonchev–Trinajstić information content (AvgIpc) is 2.85. The lowest BCUT2D eigenvalue weighted by Gasteiger charge is -2.26. The second kappa shape index (κ2) is 7.66. The van der Waals surface area contributed by atoms with Crippen molar-refractivity contribution in [2.45, 2.75) is 19.4 Å². The number of benzene rings is 2. The van der Waals surface area contributed by atoms with Gasteiger partial charge in [0.05, 0.1) is 19.3 Å². The third kappa shape index (κ3) is 3.99. The number of rotatable bonds is 3. The van der Waals surface area contributed by atoms with Crippen molar-refractivity contribution < 1.29 is 14.3 Å². The Morgan fingerprint density at radius 1 is 1.16 bits per heavy atom. The minimum Gasteiger partial charge on any atom is -0.490 e. The van der Waals surface area contributed by atoms with Crippen LogP contribution >= 0.6 is 11.6 Å². The third-order valence-electron chi connectivity index (χ3n) is 4.26. The molecule has 1 aliphatic rings. The summed E-state index contributed by atoms with van der Waals surface area (Å²) in [7, 11) is 1.74. The van der Waals surface area contributed by atoms with Crippen LogP contribution in [0.25, 0.3) is 0 Å². The molecule has 0 aliphatic carbocycles. The summed E-state index contributed by atoms with van der Waals surface area (Å²) < 4.78 is 11.3. The molecule has 132 valence electrons. The molecule has 2 aromatic carbocycles. The van der Waals surface area contributed by atoms with Crippen molar-refractivity contribution in [3.63, 3.8) is 0 Å². The predicted octanol–water partition coefficient (Wildman–Crippen LogP) is 4.73. The number of fused-ring (bicyclic) bond motifs is 1. The van der Waals surface area contributed by atoms with E-state index in [0.717, 1.165) is 12.0 Å². The third-order valence-corrected chi connectivity index (χ3v) is 4.60. The molecular formula is C19H21ClN2O3. The average molecular weight is 361 g/mol. The van der Waals surface area contributed by atoms with Crippen molar-refractivity contribution in [1.29, 1.82) is 0 Å². The molecule has 1 heterocycles. The predicted molar refractivity (Wildman–Crippen MR) is 98.7 cm³/mol. The van der Waals surface area contributed by atoms with Crippen LogP contribution in [0.4, 0.5) is 10.5 Å². The van der Waals surface area contributed by atoms with E-state index < -0.39 is 0 Å². The Kier molecular flexibility index (Phi) is 5.34. The van der Waals surface area contributed by atoms with Crippen molar-refractivity contribution in [3.8, 4) is 11.5 Å². The van der Waals surface area contributed by atoms with Gasteiger partial charge in [0.15, 0.2) is 11.5 Å². The lowest BCUT2D eigenvalue weighted by Crippen LogP contribution is -2.33. The van der Waals surface area contributed by atoms with Gasteiger partial charge in [0.2, 0.25) is 0 Å². The molecule has 3 rings (SSSR count). The number of halogens is 1. The molecule has 2 aromatic rings. The molecule has 1 unspecified atom stereocenters. The highest BCUT2D eigenvalue weighted by atomic mass is 35.5. The number of urea groups is 1. The molecule has 0 bridgehead atoms. The topological polar surface area (TPSA) is 50.8 Å². The summed E-state index contributed by atoms with van der Waals surface area (Å²) in [5.41, 5.74) is 1.56. The second-order valence-electron chi connectivity index (χ2n) is 5.95. The van der Waals surface area contributed by atoms with Gasteiger partial charge in [0.1, 0.15) is 0 Å². The monoisotopic (exact) mass is 360 g/mol. The van der Waals surface area contributed by atoms with Crippen LogP contribution in [0.3, 0.4) is 0 Å². The lowest BCUT2D eigenvalue weighted by atomic mass is 10.1. The molecule has 5 nitrogen and oxygen atoms in total. The molecule has 0 fully saturated rings. The van der Waals surface area contributed by atoms with Crippen molar-refractivity contribution in [3.05, 3.63) is 53.1 Å². The van der Waals surface area contributed by atoms with Gasteiger partial charge in [-0.2, -0.15) is 0 Å². The van der Waals surface area contributed by atoms with Crippen LogP contribution in [0, 0.1) is 0 Å². The smallest absolute Gasteiger partial charge is 0.322 e. The fourth-order valence-electron chi connectivity index (χ4n) is 2.65. The van der Waals surface area contributed by atoms with Crippen LogP contribution in [0.15, 0.2) is 42.5 Å². The van der Waals surface area contributed by atoms with Gasteiger partial charge in [0.25, 0.3) is 0 Å². The molecule has 0 saturated heterocycles. The van der Waals surface area contributed by atoms with Crippen molar-refractivity contribution >= 4 is 23.3 Å². The summed E-state index contributed by atoms with van der Waals surface area (Å²) in [6.07, 6.45) is 0.842. The Labute approximate surface area is 152 Å². The lowest BCUT2D eigenvalue weighted by molar-refractivity contribution is 0.208. The van der Waals surface area contributed by atoms with E-state index in [0.29, 0.717) is 35.4 Å². The van der Waals surface area contributed by atoms with Crippen LogP contribution < -0.4 is 14.8 Å². The van der Waals surface area contributed by atoms with Gasteiger partial charge >= 0.3 is 6.03 Å². The maximum atomic E-state index is 12.6. The van der Waals surface area contributed by atoms with Crippen LogP contribution in [0.5, 0.6) is 11.5 Å². The Morgan fingerprint density at radius 3 is 2.64 bits per heavy atom. The summed E-state index contributed by atoms with van der Waals surface area (Å²) in [4.78, 5) is 14.2. The highest BCUT2D eigenvalue weighted by Crippen LogP contribution is 2.33. The first kappa shape index (κ1) is 17.4. The number of ether oxygens (including phenoxy) is 2. The summed E-state index contributed by atoms with van der Waals surface area (Å²) in [5, 5.41) is 3.53. The molecule has 1 N–H and O–H groups in total. The fraction of sp³-hybridized carbons (Fsp3) is 0.316. The number of amides is 2. The van der Waals surface area contributed by atoms with Gasteiger partial charge < -0.3 is 19.7 Å². The first-order valence-electron chi connectivity index (χ1n) is 8.24. The molecular weight excluding hydrogens is 340 g/mol. The quantitative estimate of drug-likeness (QED) is 0.861. The van der Waals surface area contributed by atoms with Crippen LogP contribution in [-0.2, 0) is 0 Å². The van der Waals surface area contributed by atoms with Crippen LogP contribution in [-0.4, -0.2) is 31.2 Å². The van der Waals surface area contributed by atoms with Crippen LogP contribution in [0.2, 0.25) is 5.02 Å². The Morgan fingerprint density at radius 2 is 1.88 bits per heavy atom. The maximum absolute atomic E-state index is 12.6. The number of hydrogen-bond donors (Lipinski definition) is 1. The number of anilines is 1. The molecule has 1 aliphatic heterocycles. The normalized spacial score (nSPS) is 14.4. The Bertz CT molecular complexity index is 766. The SMILES string of the molecule is CC(c1ccccc1Cl)N(C)C(=O)Nc1ccc2c(c1)OCCCO2. The zero-order chi connectivity index (χ0) is 17.8. The molecule has 0 aromatic heterocycles. The molecule has 1 atom stereocenters. The van der Waals surface area contributed by atoms with Gasteiger partial charge in [-0.25, -0.2) is 4.79 Å². The molecule has 0 saturated carbocycles. The highest BCUT2D eigenvalue weighted by Gasteiger charge is 2.20. The summed E-state index contributed by atoms with van der Waals surface area (Å²) in [6.45, 7) is 3.18. The van der Waals surface area contributed by atoms with E-state index in [2.05, 4.69) is 5.32 Å². The number of carbonyl (C=O) groups excluding carboxylic acids is 1. The zero-order valence-corrected chi connectivity index (χ0v) is 15.0. The van der Waals surface area contributed by atoms with Gasteiger partial charge in [-0.1, -0.05) is 29.8 Å². The minimum atomic E-state index is -0.220. The molecule has 0 spiro atoms. The highest BCUT2D eigenvalue weighted by molar-refractivity contribution is 6.31. The van der Waals surface area contributed by atoms with E-state index >= 15 is 0 Å². The molecule has 2 amide bonds. The Hall–Kier alpha value is -2.40. The maximum Gasteiger partial charge on any atom is 0.322 e. The van der Waals surface area contributed by atoms with E-state index in [1.165, 1.54) is 0 Å². The minimum absolute atomic E-state index is 0.158. The van der Waals surface area contributed by atoms with Crippen molar-refractivity contribution in [2.24, 2.45) is 0 Å². The first-order chi connectivity index (χ1) is 12.1. The first-order valence-corrected chi connectivity index (χ1v) is 8.62. The van der Waals surface area contributed by atoms with E-state index in [-0.39, 0.29) is 12.1 Å². The van der Waals surface area contributed by atoms with Gasteiger partial charge in [-0.3, -0.25) is 0 Å². The van der Waals surface area contributed by atoms with Gasteiger partial charge in [0, 0.05) is 30.2 Å². The summed E-state index contributed by atoms with van der Waals surface area (Å²) in [5.74, 6) is 1.35. The van der Waals surface area contributed by atoms with Crippen molar-refractivity contribution in [2.75, 3.05) is 25.6 Å². The van der Waals surface area contributed by atoms with E-state index in [1.807, 2.05) is 37.3 Å². The number of hydrogen-bond acceptors (Lipinski definition) is 3. The number of nitrogens with zero attached hydrogens (tertiary/aromatic N) is 1. The van der Waals surface area contributed by atoms with Gasteiger partial charge in [-0.05, 0) is 30.7 Å². The number of nitrogens with one attached hydrogen (secondary N) is 1. The van der Waals surface area contributed by atoms with E-state index in [4.69, 9.17) is 21.1 Å². The number of carbonyl (C=O) groups is 1. The van der Waals surface area contributed by atoms with Crippen molar-refractivity contribution in [1.82, 2.24) is 4.90 Å². The van der Waals surface area contributed by atoms with Crippen LogP contribution in [0.1, 0.15) is 24.9 Å². The molecule has 0 radical (unpaired) electrons. The molecule has 6 heteroatoms. The van der Waals surface area contributed by atoms with Gasteiger partial charge in [-0.15, -0.1) is 0 Å². The standard InChI is InChI=1S/C19H21ClN2O3/c1-13(15-6-3-4-7-16(15)20)22(2)19(23)21-14-8-9-17-18(12-14)25-11-5-10-24-17/h3-4,6-9,12-13H,5,10-11H2,1-2H3,(H,21,23). The summed E-state index contributed by atoms with van der Waals surface area (Å²) >= 11 is 6.23. The van der Waals surface area contributed by atoms with E-state index in [9.17, 15) is 4.79 Å². The summed E-state index contributed by atoms with van der Waals surface area (Å²) in [6, 6.07) is 12.5. The fourth-order valence-corrected chi connectivity index (χ4v) is 2.94. The Balaban J connectivity index is 1.71.